The quantitative estimate of drug-likeness (QED) is 0.508. The van der Waals surface area contributed by atoms with Crippen LogP contribution in [0.3, 0.4) is 0 Å². The zero-order valence-electron chi connectivity index (χ0n) is 15.8. The molecule has 0 aliphatic heterocycles. The fourth-order valence-electron chi connectivity index (χ4n) is 2.42. The van der Waals surface area contributed by atoms with Crippen molar-refractivity contribution in [1.82, 2.24) is 5.32 Å². The van der Waals surface area contributed by atoms with Gasteiger partial charge in [0.25, 0.3) is 0 Å². The molecule has 144 valence electrons. The van der Waals surface area contributed by atoms with Gasteiger partial charge in [-0.1, -0.05) is 43.6 Å². The summed E-state index contributed by atoms with van der Waals surface area (Å²) in [6.07, 6.45) is 1.18. The Morgan fingerprint density at radius 2 is 1.65 bits per heavy atom. The lowest BCUT2D eigenvalue weighted by molar-refractivity contribution is 0.269. The fourth-order valence-corrected chi connectivity index (χ4v) is 2.54. The molecule has 0 aromatic heterocycles. The van der Waals surface area contributed by atoms with E-state index in [2.05, 4.69) is 31.3 Å². The summed E-state index contributed by atoms with van der Waals surface area (Å²) in [6.45, 7) is 9.42. The highest BCUT2D eigenvalue weighted by Gasteiger charge is 2.07. The van der Waals surface area contributed by atoms with Crippen molar-refractivity contribution >= 4 is 24.0 Å². The molecule has 0 bridgehead atoms. The second-order valence-corrected chi connectivity index (χ2v) is 6.92. The molecule has 0 unspecified atom stereocenters. The largest absolute Gasteiger partial charge is 0.490 e. The molecular formula is C21H29Cl2NO2. The van der Waals surface area contributed by atoms with Crippen molar-refractivity contribution in [2.24, 2.45) is 5.92 Å². The van der Waals surface area contributed by atoms with Crippen LogP contribution in [-0.4, -0.2) is 13.2 Å². The molecule has 0 amide bonds. The monoisotopic (exact) mass is 397 g/mol. The predicted molar refractivity (Wildman–Crippen MR) is 112 cm³/mol. The standard InChI is InChI=1S/C21H28ClNO2.ClH/c1-4-24-21-13-18(14-23-12-11-16(2)3)7-10-20(21)25-15-17-5-8-19(22)9-6-17;/h5-10,13,16,23H,4,11-12,14-15H2,1-3H3;1H. The Balaban J connectivity index is 0.00000338. The van der Waals surface area contributed by atoms with Crippen LogP contribution in [0.2, 0.25) is 5.02 Å². The molecule has 0 saturated heterocycles. The maximum Gasteiger partial charge on any atom is 0.161 e. The van der Waals surface area contributed by atoms with Gasteiger partial charge in [-0.05, 0) is 61.2 Å². The number of rotatable bonds is 10. The lowest BCUT2D eigenvalue weighted by atomic mass is 10.1. The Morgan fingerprint density at radius 1 is 0.962 bits per heavy atom. The van der Waals surface area contributed by atoms with Crippen LogP contribution in [0.15, 0.2) is 42.5 Å². The minimum Gasteiger partial charge on any atom is -0.490 e. The van der Waals surface area contributed by atoms with Gasteiger partial charge in [-0.2, -0.15) is 0 Å². The van der Waals surface area contributed by atoms with Gasteiger partial charge in [0.05, 0.1) is 6.61 Å². The van der Waals surface area contributed by atoms with Crippen LogP contribution in [-0.2, 0) is 13.2 Å². The SMILES string of the molecule is CCOc1cc(CNCCC(C)C)ccc1OCc1ccc(Cl)cc1.Cl. The van der Waals surface area contributed by atoms with E-state index in [1.165, 1.54) is 12.0 Å². The van der Waals surface area contributed by atoms with Crippen molar-refractivity contribution in [1.29, 1.82) is 0 Å². The highest BCUT2D eigenvalue weighted by molar-refractivity contribution is 6.30. The van der Waals surface area contributed by atoms with E-state index in [1.807, 2.05) is 37.3 Å². The van der Waals surface area contributed by atoms with Crippen molar-refractivity contribution in [3.05, 3.63) is 58.6 Å². The predicted octanol–water partition coefficient (Wildman–Crippen LogP) is 5.88. The Morgan fingerprint density at radius 3 is 2.31 bits per heavy atom. The first kappa shape index (κ1) is 22.6. The Hall–Kier alpha value is -1.42. The smallest absolute Gasteiger partial charge is 0.161 e. The number of hydrogen-bond donors (Lipinski definition) is 1. The van der Waals surface area contributed by atoms with Gasteiger partial charge in [0.1, 0.15) is 6.61 Å². The first-order valence-electron chi connectivity index (χ1n) is 8.92. The third kappa shape index (κ3) is 7.86. The van der Waals surface area contributed by atoms with Gasteiger partial charge >= 0.3 is 0 Å². The second-order valence-electron chi connectivity index (χ2n) is 6.49. The molecule has 0 radical (unpaired) electrons. The zero-order valence-corrected chi connectivity index (χ0v) is 17.3. The van der Waals surface area contributed by atoms with Crippen molar-refractivity contribution < 1.29 is 9.47 Å². The summed E-state index contributed by atoms with van der Waals surface area (Å²) in [7, 11) is 0. The van der Waals surface area contributed by atoms with E-state index in [4.69, 9.17) is 21.1 Å². The van der Waals surface area contributed by atoms with E-state index in [9.17, 15) is 0 Å². The Labute approximate surface area is 168 Å². The topological polar surface area (TPSA) is 30.5 Å². The van der Waals surface area contributed by atoms with E-state index < -0.39 is 0 Å². The number of ether oxygens (including phenoxy) is 2. The van der Waals surface area contributed by atoms with Gasteiger partial charge < -0.3 is 14.8 Å². The van der Waals surface area contributed by atoms with E-state index in [1.54, 1.807) is 0 Å². The van der Waals surface area contributed by atoms with Crippen LogP contribution in [0.25, 0.3) is 0 Å². The molecule has 0 fully saturated rings. The molecule has 1 N–H and O–H groups in total. The minimum absolute atomic E-state index is 0. The molecule has 2 aromatic carbocycles. The summed E-state index contributed by atoms with van der Waals surface area (Å²) < 4.78 is 11.7. The van der Waals surface area contributed by atoms with Crippen LogP contribution >= 0.6 is 24.0 Å². The van der Waals surface area contributed by atoms with Crippen molar-refractivity contribution in [2.45, 2.75) is 40.3 Å². The summed E-state index contributed by atoms with van der Waals surface area (Å²) in [4.78, 5) is 0. The molecule has 0 atom stereocenters. The van der Waals surface area contributed by atoms with Crippen molar-refractivity contribution in [2.75, 3.05) is 13.2 Å². The van der Waals surface area contributed by atoms with Gasteiger partial charge in [0.15, 0.2) is 11.5 Å². The number of nitrogens with one attached hydrogen (secondary N) is 1. The average Bonchev–Trinajstić information content (AvgIpc) is 2.59. The maximum atomic E-state index is 5.94. The number of benzene rings is 2. The Bertz CT molecular complexity index is 645. The van der Waals surface area contributed by atoms with Gasteiger partial charge in [-0.3, -0.25) is 0 Å². The summed E-state index contributed by atoms with van der Waals surface area (Å²) in [6, 6.07) is 13.8. The van der Waals surface area contributed by atoms with Gasteiger partial charge in [-0.25, -0.2) is 0 Å². The lowest BCUT2D eigenvalue weighted by Crippen LogP contribution is -2.16. The van der Waals surface area contributed by atoms with E-state index in [-0.39, 0.29) is 12.4 Å². The summed E-state index contributed by atoms with van der Waals surface area (Å²) in [5, 5.41) is 4.21. The average molecular weight is 398 g/mol. The van der Waals surface area contributed by atoms with Crippen LogP contribution in [0.4, 0.5) is 0 Å². The third-order valence-electron chi connectivity index (χ3n) is 3.84. The van der Waals surface area contributed by atoms with Gasteiger partial charge in [-0.15, -0.1) is 12.4 Å². The Kier molecular flexibility index (Phi) is 10.5. The summed E-state index contributed by atoms with van der Waals surface area (Å²) in [5.41, 5.74) is 2.28. The van der Waals surface area contributed by atoms with Crippen LogP contribution in [0.5, 0.6) is 11.5 Å². The first-order chi connectivity index (χ1) is 12.1. The molecule has 26 heavy (non-hydrogen) atoms. The highest BCUT2D eigenvalue weighted by Crippen LogP contribution is 2.29. The molecule has 0 aliphatic carbocycles. The maximum absolute atomic E-state index is 5.94. The number of hydrogen-bond acceptors (Lipinski definition) is 3. The van der Waals surface area contributed by atoms with Crippen molar-refractivity contribution in [3.63, 3.8) is 0 Å². The molecule has 5 heteroatoms. The third-order valence-corrected chi connectivity index (χ3v) is 4.10. The van der Waals surface area contributed by atoms with Gasteiger partial charge in [0.2, 0.25) is 0 Å². The molecule has 2 rings (SSSR count). The van der Waals surface area contributed by atoms with Crippen molar-refractivity contribution in [3.8, 4) is 11.5 Å². The molecule has 0 saturated carbocycles. The van der Waals surface area contributed by atoms with E-state index in [0.717, 1.165) is 41.1 Å². The normalized spacial score (nSPS) is 10.5. The second kappa shape index (κ2) is 12.1. The molecule has 0 spiro atoms. The molecular weight excluding hydrogens is 369 g/mol. The van der Waals surface area contributed by atoms with Gasteiger partial charge in [0, 0.05) is 11.6 Å². The molecule has 3 nitrogen and oxygen atoms in total. The van der Waals surface area contributed by atoms with Crippen LogP contribution in [0.1, 0.15) is 38.3 Å². The highest BCUT2D eigenvalue weighted by atomic mass is 35.5. The lowest BCUT2D eigenvalue weighted by Gasteiger charge is -2.14. The minimum atomic E-state index is 0. The summed E-state index contributed by atoms with van der Waals surface area (Å²) in [5.74, 6) is 2.28. The van der Waals surface area contributed by atoms with Crippen LogP contribution < -0.4 is 14.8 Å². The van der Waals surface area contributed by atoms with E-state index in [0.29, 0.717) is 13.2 Å². The number of halogens is 2. The molecule has 0 heterocycles. The van der Waals surface area contributed by atoms with Crippen LogP contribution in [0, 0.1) is 5.92 Å². The first-order valence-corrected chi connectivity index (χ1v) is 9.30. The zero-order chi connectivity index (χ0) is 18.1. The van der Waals surface area contributed by atoms with E-state index >= 15 is 0 Å². The summed E-state index contributed by atoms with van der Waals surface area (Å²) >= 11 is 5.92. The fraction of sp³-hybridized carbons (Fsp3) is 0.429. The molecule has 2 aromatic rings. The molecule has 0 aliphatic rings.